The number of halogens is 2. The number of hydrogen-bond donors (Lipinski definition) is 1. The van der Waals surface area contributed by atoms with Gasteiger partial charge in [-0.2, -0.15) is 4.39 Å². The number of hydrogen-bond acceptors (Lipinski definition) is 2. The Morgan fingerprint density at radius 2 is 1.78 bits per heavy atom. The first-order valence-corrected chi connectivity index (χ1v) is 9.18. The van der Waals surface area contributed by atoms with Crippen molar-refractivity contribution >= 4 is 17.4 Å². The zero-order valence-electron chi connectivity index (χ0n) is 16.1. The first kappa shape index (κ1) is 20.6. The van der Waals surface area contributed by atoms with E-state index >= 15 is 0 Å². The number of nitrogens with one attached hydrogen (secondary N) is 1. The molecule has 4 nitrogen and oxygen atoms in total. The molecule has 0 saturated heterocycles. The lowest BCUT2D eigenvalue weighted by Gasteiger charge is -2.07. The molecule has 1 amide bonds. The number of pyridine rings is 1. The van der Waals surface area contributed by atoms with Crippen LogP contribution < -0.4 is 5.32 Å². The third-order valence-corrected chi connectivity index (χ3v) is 3.79. The second-order valence-electron chi connectivity index (χ2n) is 6.05. The second-order valence-corrected chi connectivity index (χ2v) is 6.05. The van der Waals surface area contributed by atoms with Gasteiger partial charge in [0.2, 0.25) is 11.9 Å². The number of fused-ring (bicyclic) bond motifs is 1. The number of aromatic nitrogens is 2. The molecule has 2 aromatic heterocycles. The smallest absolute Gasteiger partial charge is 0.242 e. The van der Waals surface area contributed by atoms with Gasteiger partial charge >= 0.3 is 0 Å². The van der Waals surface area contributed by atoms with Gasteiger partial charge in [0.15, 0.2) is 5.82 Å². The molecule has 2 heterocycles. The Balaban J connectivity index is 0.000000463. The van der Waals surface area contributed by atoms with E-state index in [1.54, 1.807) is 31.2 Å². The molecule has 0 aliphatic heterocycles. The number of rotatable bonds is 2. The fourth-order valence-electron chi connectivity index (χ4n) is 2.34. The lowest BCUT2D eigenvalue weighted by atomic mass is 10.0. The van der Waals surface area contributed by atoms with Gasteiger partial charge in [-0.05, 0) is 41.8 Å². The molecule has 3 aromatic rings. The van der Waals surface area contributed by atoms with E-state index in [9.17, 15) is 13.6 Å². The maximum atomic E-state index is 14.3. The van der Waals surface area contributed by atoms with Gasteiger partial charge in [-0.3, -0.25) is 9.20 Å². The Labute approximate surface area is 158 Å². The third-order valence-electron chi connectivity index (χ3n) is 3.79. The highest BCUT2D eigenvalue weighted by Crippen LogP contribution is 2.27. The molecule has 6 heteroatoms. The first-order valence-electron chi connectivity index (χ1n) is 9.18. The molecule has 1 saturated carbocycles. The van der Waals surface area contributed by atoms with Gasteiger partial charge in [-0.1, -0.05) is 45.2 Å². The number of carbonyl (C=O) groups excluding carboxylic acids is 1. The number of imidazole rings is 1. The van der Waals surface area contributed by atoms with Crippen molar-refractivity contribution in [1.82, 2.24) is 9.38 Å². The predicted octanol–water partition coefficient (Wildman–Crippen LogP) is 5.74. The maximum absolute atomic E-state index is 14.3. The van der Waals surface area contributed by atoms with E-state index in [4.69, 9.17) is 0 Å². The molecule has 0 radical (unpaired) electrons. The SMILES string of the molecule is C1CC1.CC.CC(=O)Nc1nc2ccc(-c3cccc(F)c3C)cn2c1F. The van der Waals surface area contributed by atoms with Crippen LogP contribution in [0.25, 0.3) is 16.8 Å². The Bertz CT molecular complexity index is 930. The van der Waals surface area contributed by atoms with Crippen molar-refractivity contribution in [2.24, 2.45) is 0 Å². The highest BCUT2D eigenvalue weighted by Gasteiger charge is 2.14. The van der Waals surface area contributed by atoms with E-state index in [1.165, 1.54) is 42.9 Å². The minimum atomic E-state index is -0.666. The Hall–Kier alpha value is -2.76. The van der Waals surface area contributed by atoms with Gasteiger partial charge in [0.05, 0.1) is 0 Å². The Morgan fingerprint density at radius 3 is 2.37 bits per heavy atom. The van der Waals surface area contributed by atoms with Crippen LogP contribution in [-0.4, -0.2) is 15.3 Å². The molecular formula is C21H25F2N3O. The highest BCUT2D eigenvalue weighted by molar-refractivity contribution is 5.88. The molecule has 1 aromatic carbocycles. The number of amides is 1. The minimum absolute atomic E-state index is 0.124. The fourth-order valence-corrected chi connectivity index (χ4v) is 2.34. The molecule has 144 valence electrons. The van der Waals surface area contributed by atoms with Gasteiger partial charge in [0.25, 0.3) is 0 Å². The van der Waals surface area contributed by atoms with Crippen molar-refractivity contribution in [3.63, 3.8) is 0 Å². The van der Waals surface area contributed by atoms with E-state index in [1.807, 2.05) is 13.8 Å². The normalized spacial score (nSPS) is 11.8. The van der Waals surface area contributed by atoms with Crippen molar-refractivity contribution in [3.8, 4) is 11.1 Å². The molecule has 0 spiro atoms. The lowest BCUT2D eigenvalue weighted by molar-refractivity contribution is -0.114. The van der Waals surface area contributed by atoms with Crippen molar-refractivity contribution in [2.75, 3.05) is 5.32 Å². The average Bonchev–Trinajstić information content (AvgIpc) is 3.51. The zero-order valence-corrected chi connectivity index (χ0v) is 16.1. The summed E-state index contributed by atoms with van der Waals surface area (Å²) in [7, 11) is 0. The quantitative estimate of drug-likeness (QED) is 0.622. The molecular weight excluding hydrogens is 348 g/mol. The van der Waals surface area contributed by atoms with Crippen LogP contribution in [0.4, 0.5) is 14.6 Å². The summed E-state index contributed by atoms with van der Waals surface area (Å²) in [5.41, 5.74) is 2.19. The first-order chi connectivity index (χ1) is 13.0. The number of carbonyl (C=O) groups is 1. The van der Waals surface area contributed by atoms with Gasteiger partial charge in [-0.15, -0.1) is 0 Å². The number of nitrogens with zero attached hydrogens (tertiary/aromatic N) is 2. The summed E-state index contributed by atoms with van der Waals surface area (Å²) in [6.07, 6.45) is 6.03. The van der Waals surface area contributed by atoms with Crippen molar-refractivity contribution in [1.29, 1.82) is 0 Å². The fraction of sp³-hybridized carbons (Fsp3) is 0.333. The number of benzene rings is 1. The third kappa shape index (κ3) is 5.12. The van der Waals surface area contributed by atoms with E-state index in [2.05, 4.69) is 10.3 Å². The summed E-state index contributed by atoms with van der Waals surface area (Å²) in [5.74, 6) is -1.51. The van der Waals surface area contributed by atoms with Gasteiger partial charge < -0.3 is 5.32 Å². The summed E-state index contributed by atoms with van der Waals surface area (Å²) in [6, 6.07) is 8.11. The average molecular weight is 373 g/mol. The molecule has 1 N–H and O–H groups in total. The Kier molecular flexibility index (Phi) is 7.05. The standard InChI is InChI=1S/C16H13F2N3O.C3H6.C2H6/c1-9-12(4-3-5-13(9)17)11-6-7-14-20-16(19-10(2)22)15(18)21(14)8-11;1-2-3-1;1-2/h3-8H,1-2H3,(H,19,22);1-3H2;1-2H3. The van der Waals surface area contributed by atoms with Crippen LogP contribution in [-0.2, 0) is 4.79 Å². The van der Waals surface area contributed by atoms with E-state index < -0.39 is 11.9 Å². The summed E-state index contributed by atoms with van der Waals surface area (Å²) >= 11 is 0. The second kappa shape index (κ2) is 9.26. The summed E-state index contributed by atoms with van der Waals surface area (Å²) in [4.78, 5) is 15.1. The molecule has 1 aliphatic carbocycles. The topological polar surface area (TPSA) is 46.4 Å². The molecule has 4 rings (SSSR count). The van der Waals surface area contributed by atoms with E-state index in [0.29, 0.717) is 22.3 Å². The van der Waals surface area contributed by atoms with Gasteiger partial charge in [0.1, 0.15) is 11.5 Å². The van der Waals surface area contributed by atoms with Gasteiger partial charge in [0, 0.05) is 13.1 Å². The molecule has 0 bridgehead atoms. The molecule has 27 heavy (non-hydrogen) atoms. The largest absolute Gasteiger partial charge is 0.307 e. The number of anilines is 1. The van der Waals surface area contributed by atoms with Crippen LogP contribution in [0.15, 0.2) is 36.5 Å². The van der Waals surface area contributed by atoms with E-state index in [0.717, 1.165) is 0 Å². The molecule has 0 unspecified atom stereocenters. The van der Waals surface area contributed by atoms with Crippen LogP contribution in [0.5, 0.6) is 0 Å². The zero-order chi connectivity index (χ0) is 20.0. The lowest BCUT2D eigenvalue weighted by Crippen LogP contribution is -2.07. The van der Waals surface area contributed by atoms with E-state index in [-0.39, 0.29) is 11.6 Å². The van der Waals surface area contributed by atoms with Crippen LogP contribution >= 0.6 is 0 Å². The Morgan fingerprint density at radius 1 is 1.11 bits per heavy atom. The predicted molar refractivity (Wildman–Crippen MR) is 105 cm³/mol. The molecule has 1 fully saturated rings. The molecule has 0 atom stereocenters. The van der Waals surface area contributed by atoms with Crippen LogP contribution in [0.2, 0.25) is 0 Å². The van der Waals surface area contributed by atoms with Gasteiger partial charge in [-0.25, -0.2) is 9.37 Å². The maximum Gasteiger partial charge on any atom is 0.242 e. The van der Waals surface area contributed by atoms with Crippen molar-refractivity contribution in [2.45, 2.75) is 47.0 Å². The minimum Gasteiger partial charge on any atom is -0.307 e. The summed E-state index contributed by atoms with van der Waals surface area (Å²) in [5, 5.41) is 2.34. The molecule has 1 aliphatic rings. The van der Waals surface area contributed by atoms with Crippen LogP contribution in [0.1, 0.15) is 45.6 Å². The van der Waals surface area contributed by atoms with Crippen LogP contribution in [0, 0.1) is 18.7 Å². The highest BCUT2D eigenvalue weighted by atomic mass is 19.1. The van der Waals surface area contributed by atoms with Crippen molar-refractivity contribution < 1.29 is 13.6 Å². The monoisotopic (exact) mass is 373 g/mol. The summed E-state index contributed by atoms with van der Waals surface area (Å²) in [6.45, 7) is 6.95. The van der Waals surface area contributed by atoms with Crippen LogP contribution in [0.3, 0.4) is 0 Å². The summed E-state index contributed by atoms with van der Waals surface area (Å²) < 4.78 is 29.2. The van der Waals surface area contributed by atoms with Crippen molar-refractivity contribution in [3.05, 3.63) is 53.9 Å².